The van der Waals surface area contributed by atoms with Gasteiger partial charge in [0.05, 0.1) is 11.6 Å². The fraction of sp³-hybridized carbons (Fsp3) is 0.917. The molecule has 1 aliphatic heterocycles. The van der Waals surface area contributed by atoms with Gasteiger partial charge in [-0.1, -0.05) is 12.8 Å². The number of β-amino-alcohol motifs (C(OH)–C–C–N with tert-alkyl or cyclic N) is 1. The first-order chi connectivity index (χ1) is 7.08. The Morgan fingerprint density at radius 3 is 2.87 bits per heavy atom. The van der Waals surface area contributed by atoms with Gasteiger partial charge in [0, 0.05) is 19.5 Å². The molecule has 2 fully saturated rings. The summed E-state index contributed by atoms with van der Waals surface area (Å²) in [4.78, 5) is 14.1. The number of carbonyl (C=O) groups is 1. The Balaban J connectivity index is 2.00. The van der Waals surface area contributed by atoms with Gasteiger partial charge in [-0.15, -0.1) is 0 Å². The van der Waals surface area contributed by atoms with Crippen molar-refractivity contribution >= 4 is 5.78 Å². The Labute approximate surface area is 91.5 Å². The summed E-state index contributed by atoms with van der Waals surface area (Å²) in [5.41, 5.74) is -0.577. The molecule has 1 aliphatic carbocycles. The molecule has 0 aromatic carbocycles. The lowest BCUT2D eigenvalue weighted by Crippen LogP contribution is -2.41. The van der Waals surface area contributed by atoms with E-state index in [9.17, 15) is 9.90 Å². The highest BCUT2D eigenvalue weighted by molar-refractivity contribution is 5.84. The van der Waals surface area contributed by atoms with Crippen LogP contribution in [0.4, 0.5) is 0 Å². The molecule has 0 amide bonds. The molecule has 1 N–H and O–H groups in total. The molecule has 3 nitrogen and oxygen atoms in total. The van der Waals surface area contributed by atoms with Crippen molar-refractivity contribution in [1.29, 1.82) is 0 Å². The van der Waals surface area contributed by atoms with Crippen LogP contribution in [-0.4, -0.2) is 40.5 Å². The van der Waals surface area contributed by atoms with E-state index >= 15 is 0 Å². The summed E-state index contributed by atoms with van der Waals surface area (Å²) in [7, 11) is 0. The van der Waals surface area contributed by atoms with Crippen molar-refractivity contribution in [1.82, 2.24) is 4.90 Å². The Morgan fingerprint density at radius 1 is 1.40 bits per heavy atom. The number of Topliss-reactive ketones (excluding diaryl/α,β-unsaturated/α-hetero) is 1. The highest BCUT2D eigenvalue weighted by Crippen LogP contribution is 2.27. The van der Waals surface area contributed by atoms with E-state index < -0.39 is 5.60 Å². The van der Waals surface area contributed by atoms with Crippen molar-refractivity contribution in [2.75, 3.05) is 13.1 Å². The zero-order chi connectivity index (χ0) is 10.9. The first kappa shape index (κ1) is 11.1. The predicted molar refractivity (Wildman–Crippen MR) is 58.7 cm³/mol. The van der Waals surface area contributed by atoms with Gasteiger partial charge < -0.3 is 5.11 Å². The summed E-state index contributed by atoms with van der Waals surface area (Å²) in [6.45, 7) is 3.42. The summed E-state index contributed by atoms with van der Waals surface area (Å²) in [5.74, 6) is 0.394. The number of rotatable bonds is 1. The van der Waals surface area contributed by atoms with Crippen molar-refractivity contribution in [2.45, 2.75) is 57.1 Å². The minimum absolute atomic E-state index is 0.0986. The molecular weight excluding hydrogens is 190 g/mol. The normalized spacial score (nSPS) is 39.3. The van der Waals surface area contributed by atoms with Gasteiger partial charge in [0.15, 0.2) is 0 Å². The molecule has 2 atom stereocenters. The van der Waals surface area contributed by atoms with Gasteiger partial charge in [-0.25, -0.2) is 0 Å². The van der Waals surface area contributed by atoms with Crippen LogP contribution in [0.25, 0.3) is 0 Å². The molecule has 1 saturated heterocycles. The highest BCUT2D eigenvalue weighted by Gasteiger charge is 2.37. The molecule has 2 rings (SSSR count). The van der Waals surface area contributed by atoms with E-state index in [-0.39, 0.29) is 6.04 Å². The Kier molecular flexibility index (Phi) is 3.12. The summed E-state index contributed by atoms with van der Waals surface area (Å²) < 4.78 is 0. The lowest BCUT2D eigenvalue weighted by atomic mass is 10.1. The smallest absolute Gasteiger partial charge is 0.149 e. The maximum absolute atomic E-state index is 11.9. The van der Waals surface area contributed by atoms with Gasteiger partial charge in [-0.2, -0.15) is 0 Å². The SMILES string of the molecule is CC1(O)CCN(C2CCCCCC2=O)C1. The molecule has 86 valence electrons. The van der Waals surface area contributed by atoms with Crippen molar-refractivity contribution in [3.63, 3.8) is 0 Å². The van der Waals surface area contributed by atoms with Crippen LogP contribution in [0.2, 0.25) is 0 Å². The van der Waals surface area contributed by atoms with Crippen LogP contribution in [-0.2, 0) is 4.79 Å². The fourth-order valence-corrected chi connectivity index (χ4v) is 2.77. The predicted octanol–water partition coefficient (Wildman–Crippen LogP) is 1.34. The number of likely N-dealkylation sites (tertiary alicyclic amines) is 1. The molecular formula is C12H21NO2. The molecule has 15 heavy (non-hydrogen) atoms. The maximum atomic E-state index is 11.9. The molecule has 3 heteroatoms. The van der Waals surface area contributed by atoms with Crippen LogP contribution >= 0.6 is 0 Å². The second kappa shape index (κ2) is 4.22. The first-order valence-electron chi connectivity index (χ1n) is 6.08. The van der Waals surface area contributed by atoms with Crippen molar-refractivity contribution < 1.29 is 9.90 Å². The molecule has 2 unspecified atom stereocenters. The summed E-state index contributed by atoms with van der Waals surface area (Å²) in [6, 6.07) is 0.0986. The topological polar surface area (TPSA) is 40.5 Å². The maximum Gasteiger partial charge on any atom is 0.149 e. The minimum atomic E-state index is -0.577. The Morgan fingerprint density at radius 2 is 2.20 bits per heavy atom. The Bertz CT molecular complexity index is 250. The van der Waals surface area contributed by atoms with Crippen LogP contribution in [0.1, 0.15) is 45.4 Å². The molecule has 0 aromatic heterocycles. The molecule has 0 bridgehead atoms. The van der Waals surface area contributed by atoms with Crippen LogP contribution in [0.5, 0.6) is 0 Å². The van der Waals surface area contributed by atoms with E-state index in [0.717, 1.165) is 38.6 Å². The monoisotopic (exact) mass is 211 g/mol. The molecule has 0 radical (unpaired) electrons. The standard InChI is InChI=1S/C12H21NO2/c1-12(15)7-8-13(9-12)10-5-3-2-4-6-11(10)14/h10,15H,2-9H2,1H3. The summed E-state index contributed by atoms with van der Waals surface area (Å²) in [5, 5.41) is 9.90. The van der Waals surface area contributed by atoms with Crippen molar-refractivity contribution in [2.24, 2.45) is 0 Å². The lowest BCUT2D eigenvalue weighted by molar-refractivity contribution is -0.124. The van der Waals surface area contributed by atoms with Gasteiger partial charge in [0.25, 0.3) is 0 Å². The van der Waals surface area contributed by atoms with E-state index in [0.29, 0.717) is 12.3 Å². The number of ketones is 1. The number of nitrogens with zero attached hydrogens (tertiary/aromatic N) is 1. The van der Waals surface area contributed by atoms with E-state index in [1.807, 2.05) is 6.92 Å². The highest BCUT2D eigenvalue weighted by atomic mass is 16.3. The van der Waals surface area contributed by atoms with Gasteiger partial charge in [0.2, 0.25) is 0 Å². The third-order valence-electron chi connectivity index (χ3n) is 3.69. The second-order valence-corrected chi connectivity index (χ2v) is 5.30. The third-order valence-corrected chi connectivity index (χ3v) is 3.69. The van der Waals surface area contributed by atoms with Gasteiger partial charge in [-0.05, 0) is 26.2 Å². The van der Waals surface area contributed by atoms with Crippen LogP contribution < -0.4 is 0 Å². The zero-order valence-electron chi connectivity index (χ0n) is 9.54. The van der Waals surface area contributed by atoms with Gasteiger partial charge >= 0.3 is 0 Å². The number of hydrogen-bond acceptors (Lipinski definition) is 3. The van der Waals surface area contributed by atoms with Gasteiger partial charge in [-0.3, -0.25) is 9.69 Å². The van der Waals surface area contributed by atoms with E-state index in [1.54, 1.807) is 0 Å². The van der Waals surface area contributed by atoms with E-state index in [2.05, 4.69) is 4.90 Å². The number of carbonyl (C=O) groups excluding carboxylic acids is 1. The summed E-state index contributed by atoms with van der Waals surface area (Å²) >= 11 is 0. The second-order valence-electron chi connectivity index (χ2n) is 5.30. The molecule has 2 aliphatic rings. The van der Waals surface area contributed by atoms with E-state index in [1.165, 1.54) is 6.42 Å². The summed E-state index contributed by atoms with van der Waals surface area (Å²) in [6.07, 6.45) is 5.94. The molecule has 0 spiro atoms. The minimum Gasteiger partial charge on any atom is -0.389 e. The first-order valence-corrected chi connectivity index (χ1v) is 6.08. The number of aliphatic hydroxyl groups is 1. The quantitative estimate of drug-likeness (QED) is 0.665. The van der Waals surface area contributed by atoms with Crippen molar-refractivity contribution in [3.8, 4) is 0 Å². The number of hydrogen-bond donors (Lipinski definition) is 1. The van der Waals surface area contributed by atoms with Crippen LogP contribution in [0.15, 0.2) is 0 Å². The average molecular weight is 211 g/mol. The van der Waals surface area contributed by atoms with Crippen LogP contribution in [0.3, 0.4) is 0 Å². The van der Waals surface area contributed by atoms with E-state index in [4.69, 9.17) is 0 Å². The van der Waals surface area contributed by atoms with Crippen LogP contribution in [0, 0.1) is 0 Å². The molecule has 1 heterocycles. The van der Waals surface area contributed by atoms with Gasteiger partial charge in [0.1, 0.15) is 5.78 Å². The zero-order valence-corrected chi connectivity index (χ0v) is 9.54. The van der Waals surface area contributed by atoms with Crippen molar-refractivity contribution in [3.05, 3.63) is 0 Å². The fourth-order valence-electron chi connectivity index (χ4n) is 2.77. The molecule has 0 aromatic rings. The largest absolute Gasteiger partial charge is 0.389 e. The molecule has 1 saturated carbocycles. The lowest BCUT2D eigenvalue weighted by Gasteiger charge is -2.26. The third kappa shape index (κ3) is 2.58. The average Bonchev–Trinajstić information content (AvgIpc) is 2.39. The Hall–Kier alpha value is -0.410.